The Labute approximate surface area is 207 Å². The molecule has 0 saturated carbocycles. The average molecular weight is 507 g/mol. The van der Waals surface area contributed by atoms with Crippen molar-refractivity contribution in [2.75, 3.05) is 0 Å². The molecule has 0 aromatic heterocycles. The van der Waals surface area contributed by atoms with E-state index in [9.17, 15) is 23.2 Å². The molecule has 0 aliphatic heterocycles. The molecule has 6 N–H and O–H groups in total. The van der Waals surface area contributed by atoms with Gasteiger partial charge in [0.15, 0.2) is 0 Å². The van der Waals surface area contributed by atoms with Crippen LogP contribution in [0.5, 0.6) is 0 Å². The fraction of sp³-hybridized carbons (Fsp3) is 0.320. The van der Waals surface area contributed by atoms with Crippen LogP contribution >= 0.6 is 11.6 Å². The second-order valence-electron chi connectivity index (χ2n) is 8.32. The zero-order chi connectivity index (χ0) is 26.2. The number of hydrogen-bond donors (Lipinski definition) is 4. The lowest BCUT2D eigenvalue weighted by Gasteiger charge is -2.24. The zero-order valence-corrected chi connectivity index (χ0v) is 20.1. The number of carbonyl (C=O) groups excluding carboxylic acids is 3. The van der Waals surface area contributed by atoms with Crippen molar-refractivity contribution in [1.29, 1.82) is 0 Å². The van der Waals surface area contributed by atoms with Crippen molar-refractivity contribution in [2.24, 2.45) is 11.5 Å². The lowest BCUT2D eigenvalue weighted by Crippen LogP contribution is -2.53. The number of amides is 3. The molecule has 0 bridgehead atoms. The minimum Gasteiger partial charge on any atom is -0.377 e. The molecule has 0 radical (unpaired) electrons. The number of rotatable bonds is 13. The van der Waals surface area contributed by atoms with Crippen molar-refractivity contribution in [3.05, 3.63) is 82.5 Å². The molecule has 35 heavy (non-hydrogen) atoms. The van der Waals surface area contributed by atoms with Crippen molar-refractivity contribution in [1.82, 2.24) is 10.6 Å². The van der Waals surface area contributed by atoms with Crippen LogP contribution in [-0.4, -0.2) is 29.8 Å². The molecular formula is C25H29ClF2N4O3. The van der Waals surface area contributed by atoms with Gasteiger partial charge in [-0.2, -0.15) is 0 Å². The molecule has 188 valence electrons. The van der Waals surface area contributed by atoms with Crippen LogP contribution in [-0.2, 0) is 33.1 Å². The quantitative estimate of drug-likeness (QED) is 0.333. The number of benzene rings is 2. The smallest absolute Gasteiger partial charge is 0.270 e. The molecule has 2 aromatic rings. The van der Waals surface area contributed by atoms with E-state index in [0.29, 0.717) is 21.8 Å². The summed E-state index contributed by atoms with van der Waals surface area (Å²) in [5.41, 5.74) is 12.1. The summed E-state index contributed by atoms with van der Waals surface area (Å²) >= 11 is 6.25. The normalized spacial score (nSPS) is 12.9. The van der Waals surface area contributed by atoms with E-state index in [1.165, 1.54) is 24.3 Å². The largest absolute Gasteiger partial charge is 0.377 e. The highest BCUT2D eigenvalue weighted by Gasteiger charge is 2.27. The van der Waals surface area contributed by atoms with E-state index in [-0.39, 0.29) is 31.2 Å². The summed E-state index contributed by atoms with van der Waals surface area (Å²) in [7, 11) is 0. The van der Waals surface area contributed by atoms with Crippen LogP contribution in [0.2, 0.25) is 5.02 Å². The summed E-state index contributed by atoms with van der Waals surface area (Å²) in [6, 6.07) is 10.4. The lowest BCUT2D eigenvalue weighted by atomic mass is 10.0. The molecule has 3 amide bonds. The van der Waals surface area contributed by atoms with Crippen molar-refractivity contribution in [3.8, 4) is 0 Å². The highest BCUT2D eigenvalue weighted by Crippen LogP contribution is 2.27. The summed E-state index contributed by atoms with van der Waals surface area (Å²) in [4.78, 5) is 36.3. The van der Waals surface area contributed by atoms with Gasteiger partial charge in [-0.25, -0.2) is 8.78 Å². The first-order valence-electron chi connectivity index (χ1n) is 10.9. The summed E-state index contributed by atoms with van der Waals surface area (Å²) in [5, 5.41) is 6.04. The van der Waals surface area contributed by atoms with Gasteiger partial charge in [0.2, 0.25) is 17.7 Å². The second-order valence-corrected chi connectivity index (χ2v) is 8.72. The summed E-state index contributed by atoms with van der Waals surface area (Å²) in [5.74, 6) is -4.84. The van der Waals surface area contributed by atoms with Crippen LogP contribution in [0.15, 0.2) is 60.8 Å². The Hall–Kier alpha value is -3.46. The van der Waals surface area contributed by atoms with E-state index in [0.717, 1.165) is 6.92 Å². The fourth-order valence-corrected chi connectivity index (χ4v) is 3.56. The van der Waals surface area contributed by atoms with E-state index in [4.69, 9.17) is 23.1 Å². The van der Waals surface area contributed by atoms with Crippen LogP contribution in [0.1, 0.15) is 36.5 Å². The number of nitrogens with one attached hydrogen (secondary N) is 2. The zero-order valence-electron chi connectivity index (χ0n) is 19.3. The second kappa shape index (κ2) is 12.3. The SMILES string of the molecule is C=C(CCC(N)=O)N[C@H](Cc1ccccc1Cl)C(=O)N[C@@H](Cc1ccc(C(C)(F)F)cc1)C(N)=O. The average Bonchev–Trinajstić information content (AvgIpc) is 2.77. The fourth-order valence-electron chi connectivity index (χ4n) is 3.35. The van der Waals surface area contributed by atoms with E-state index >= 15 is 0 Å². The Morgan fingerprint density at radius 1 is 0.971 bits per heavy atom. The van der Waals surface area contributed by atoms with Crippen molar-refractivity contribution in [3.63, 3.8) is 0 Å². The van der Waals surface area contributed by atoms with Crippen LogP contribution in [0.25, 0.3) is 0 Å². The number of allylic oxidation sites excluding steroid dienone is 1. The Balaban J connectivity index is 2.18. The van der Waals surface area contributed by atoms with Gasteiger partial charge >= 0.3 is 0 Å². The number of nitrogens with two attached hydrogens (primary N) is 2. The first-order valence-corrected chi connectivity index (χ1v) is 11.3. The third-order valence-electron chi connectivity index (χ3n) is 5.31. The van der Waals surface area contributed by atoms with E-state index in [2.05, 4.69) is 17.2 Å². The summed E-state index contributed by atoms with van der Waals surface area (Å²) < 4.78 is 26.9. The third kappa shape index (κ3) is 9.01. The minimum absolute atomic E-state index is 0.0120. The number of halogens is 3. The molecule has 2 atom stereocenters. The van der Waals surface area contributed by atoms with Gasteiger partial charge in [-0.1, -0.05) is 60.6 Å². The molecule has 0 fully saturated rings. The standard InChI is InChI=1S/C25H29ClF2N4O3/c1-15(7-12-22(29)33)31-21(14-17-5-3-4-6-19(17)26)24(35)32-20(23(30)34)13-16-8-10-18(11-9-16)25(2,27)28/h3-6,8-11,20-21,31H,1,7,12-14H2,2H3,(H2,29,33)(H2,30,34)(H,32,35)/t20-,21+/m0/s1. The predicted octanol–water partition coefficient (Wildman–Crippen LogP) is 2.94. The van der Waals surface area contributed by atoms with E-state index in [1.807, 2.05) is 0 Å². The number of alkyl halides is 2. The van der Waals surface area contributed by atoms with Gasteiger partial charge in [-0.15, -0.1) is 0 Å². The molecule has 10 heteroatoms. The molecular weight excluding hydrogens is 478 g/mol. The highest BCUT2D eigenvalue weighted by molar-refractivity contribution is 6.31. The van der Waals surface area contributed by atoms with Gasteiger partial charge in [0.05, 0.1) is 0 Å². The minimum atomic E-state index is -3.00. The molecule has 2 rings (SSSR count). The van der Waals surface area contributed by atoms with E-state index < -0.39 is 35.7 Å². The maximum absolute atomic E-state index is 13.5. The molecule has 0 saturated heterocycles. The maximum Gasteiger partial charge on any atom is 0.270 e. The van der Waals surface area contributed by atoms with Gasteiger partial charge in [0.25, 0.3) is 5.92 Å². The molecule has 0 unspecified atom stereocenters. The summed E-state index contributed by atoms with van der Waals surface area (Å²) in [6.45, 7) is 4.63. The topological polar surface area (TPSA) is 127 Å². The molecule has 0 spiro atoms. The Morgan fingerprint density at radius 2 is 1.60 bits per heavy atom. The van der Waals surface area contributed by atoms with Gasteiger partial charge < -0.3 is 22.1 Å². The van der Waals surface area contributed by atoms with Crippen LogP contribution in [0.4, 0.5) is 8.78 Å². The van der Waals surface area contributed by atoms with E-state index in [1.54, 1.807) is 24.3 Å². The van der Waals surface area contributed by atoms with Crippen LogP contribution in [0, 0.1) is 0 Å². The molecule has 0 heterocycles. The Bertz CT molecular complexity index is 1070. The number of carbonyl (C=O) groups is 3. The first kappa shape index (κ1) is 27.8. The third-order valence-corrected chi connectivity index (χ3v) is 5.68. The molecule has 0 aliphatic rings. The van der Waals surface area contributed by atoms with Gasteiger partial charge in [-0.05, 0) is 23.6 Å². The van der Waals surface area contributed by atoms with Gasteiger partial charge in [0, 0.05) is 42.5 Å². The number of primary amides is 2. The van der Waals surface area contributed by atoms with Crippen LogP contribution in [0.3, 0.4) is 0 Å². The van der Waals surface area contributed by atoms with Crippen LogP contribution < -0.4 is 22.1 Å². The number of hydrogen-bond acceptors (Lipinski definition) is 4. The monoisotopic (exact) mass is 506 g/mol. The summed E-state index contributed by atoms with van der Waals surface area (Å²) in [6.07, 6.45) is 0.434. The van der Waals surface area contributed by atoms with Crippen molar-refractivity contribution in [2.45, 2.75) is 50.6 Å². The van der Waals surface area contributed by atoms with Gasteiger partial charge in [0.1, 0.15) is 12.1 Å². The Morgan fingerprint density at radius 3 is 2.14 bits per heavy atom. The van der Waals surface area contributed by atoms with Gasteiger partial charge in [-0.3, -0.25) is 14.4 Å². The molecule has 7 nitrogen and oxygen atoms in total. The Kier molecular flexibility index (Phi) is 9.77. The lowest BCUT2D eigenvalue weighted by molar-refractivity contribution is -0.128. The highest BCUT2D eigenvalue weighted by atomic mass is 35.5. The predicted molar refractivity (Wildman–Crippen MR) is 130 cm³/mol. The first-order chi connectivity index (χ1) is 16.4. The van der Waals surface area contributed by atoms with Crippen molar-refractivity contribution < 1.29 is 23.2 Å². The molecule has 0 aliphatic carbocycles. The maximum atomic E-state index is 13.5. The molecule has 2 aromatic carbocycles. The van der Waals surface area contributed by atoms with Crippen molar-refractivity contribution >= 4 is 29.3 Å².